The number of benzene rings is 2. The molecule has 0 aliphatic heterocycles. The van der Waals surface area contributed by atoms with E-state index in [1.807, 2.05) is 0 Å². The lowest BCUT2D eigenvalue weighted by Crippen LogP contribution is -2.24. The van der Waals surface area contributed by atoms with Gasteiger partial charge < -0.3 is 10.2 Å². The quantitative estimate of drug-likeness (QED) is 0.902. The van der Waals surface area contributed by atoms with E-state index in [2.05, 4.69) is 15.9 Å². The number of hydrogen-bond acceptors (Lipinski definition) is 2. The standard InChI is InChI=1S/C15H14BrFO2/c1-15(19,11-3-5-12(18)6-4-11)9-10-2-7-14(17)13(16)8-10/h2-8,18-19H,9H2,1H3. The van der Waals surface area contributed by atoms with Crippen LogP contribution in [0.5, 0.6) is 5.75 Å². The van der Waals surface area contributed by atoms with Crippen molar-refractivity contribution in [1.29, 1.82) is 0 Å². The highest BCUT2D eigenvalue weighted by atomic mass is 79.9. The van der Waals surface area contributed by atoms with Crippen LogP contribution in [0.2, 0.25) is 0 Å². The van der Waals surface area contributed by atoms with E-state index in [1.165, 1.54) is 18.2 Å². The topological polar surface area (TPSA) is 40.5 Å². The molecule has 0 saturated heterocycles. The lowest BCUT2D eigenvalue weighted by atomic mass is 9.89. The maximum Gasteiger partial charge on any atom is 0.137 e. The van der Waals surface area contributed by atoms with Crippen molar-refractivity contribution in [2.75, 3.05) is 0 Å². The van der Waals surface area contributed by atoms with Gasteiger partial charge in [0.1, 0.15) is 11.6 Å². The first-order valence-electron chi connectivity index (χ1n) is 5.84. The zero-order valence-electron chi connectivity index (χ0n) is 10.4. The first-order valence-corrected chi connectivity index (χ1v) is 6.63. The molecule has 0 aromatic heterocycles. The van der Waals surface area contributed by atoms with Crippen LogP contribution >= 0.6 is 15.9 Å². The van der Waals surface area contributed by atoms with Gasteiger partial charge in [-0.15, -0.1) is 0 Å². The molecule has 2 nitrogen and oxygen atoms in total. The molecule has 0 saturated carbocycles. The van der Waals surface area contributed by atoms with Crippen molar-refractivity contribution in [3.8, 4) is 5.75 Å². The fourth-order valence-corrected chi connectivity index (χ4v) is 2.40. The molecule has 2 rings (SSSR count). The van der Waals surface area contributed by atoms with Crippen molar-refractivity contribution in [2.24, 2.45) is 0 Å². The summed E-state index contributed by atoms with van der Waals surface area (Å²) in [5, 5.41) is 19.7. The second-order valence-corrected chi connectivity index (χ2v) is 5.60. The average molecular weight is 325 g/mol. The second-order valence-electron chi connectivity index (χ2n) is 4.75. The third-order valence-corrected chi connectivity index (χ3v) is 3.63. The van der Waals surface area contributed by atoms with Crippen LogP contribution in [0.4, 0.5) is 4.39 Å². The van der Waals surface area contributed by atoms with Gasteiger partial charge in [-0.25, -0.2) is 4.39 Å². The Kier molecular flexibility index (Phi) is 3.92. The van der Waals surface area contributed by atoms with Crippen LogP contribution in [0.3, 0.4) is 0 Å². The summed E-state index contributed by atoms with van der Waals surface area (Å²) in [5.41, 5.74) is 0.447. The van der Waals surface area contributed by atoms with Crippen LogP contribution in [0.25, 0.3) is 0 Å². The molecule has 0 spiro atoms. The number of rotatable bonds is 3. The first kappa shape index (κ1) is 14.0. The third kappa shape index (κ3) is 3.33. The lowest BCUT2D eigenvalue weighted by Gasteiger charge is -2.24. The minimum atomic E-state index is -1.08. The van der Waals surface area contributed by atoms with E-state index in [0.29, 0.717) is 16.5 Å². The maximum atomic E-state index is 13.2. The van der Waals surface area contributed by atoms with Gasteiger partial charge in [-0.05, 0) is 58.2 Å². The summed E-state index contributed by atoms with van der Waals surface area (Å²) in [4.78, 5) is 0. The average Bonchev–Trinajstić information content (AvgIpc) is 2.34. The van der Waals surface area contributed by atoms with Gasteiger partial charge >= 0.3 is 0 Å². The fraction of sp³-hybridized carbons (Fsp3) is 0.200. The van der Waals surface area contributed by atoms with Gasteiger partial charge in [0.2, 0.25) is 0 Å². The number of aromatic hydroxyl groups is 1. The molecule has 0 aliphatic rings. The second kappa shape index (κ2) is 5.31. The predicted molar refractivity (Wildman–Crippen MR) is 75.5 cm³/mol. The van der Waals surface area contributed by atoms with Gasteiger partial charge in [-0.3, -0.25) is 0 Å². The van der Waals surface area contributed by atoms with Crippen LogP contribution in [0.15, 0.2) is 46.9 Å². The zero-order valence-corrected chi connectivity index (χ0v) is 12.0. The molecule has 0 heterocycles. The number of halogens is 2. The van der Waals surface area contributed by atoms with E-state index in [1.54, 1.807) is 31.2 Å². The Morgan fingerprint density at radius 2 is 1.79 bits per heavy atom. The molecule has 2 aromatic rings. The Bertz CT molecular complexity index is 579. The number of aliphatic hydroxyl groups is 1. The number of phenols is 1. The summed E-state index contributed by atoms with van der Waals surface area (Å²) in [6.07, 6.45) is 0.358. The van der Waals surface area contributed by atoms with E-state index in [9.17, 15) is 14.6 Å². The van der Waals surface area contributed by atoms with Gasteiger partial charge in [0.15, 0.2) is 0 Å². The molecule has 0 aliphatic carbocycles. The molecule has 2 aromatic carbocycles. The first-order chi connectivity index (χ1) is 8.88. The summed E-state index contributed by atoms with van der Waals surface area (Å²) in [6.45, 7) is 1.69. The van der Waals surface area contributed by atoms with E-state index >= 15 is 0 Å². The van der Waals surface area contributed by atoms with Gasteiger partial charge in [0, 0.05) is 6.42 Å². The molecule has 0 radical (unpaired) electrons. The highest BCUT2D eigenvalue weighted by Crippen LogP contribution is 2.28. The Balaban J connectivity index is 2.25. The number of hydrogen-bond donors (Lipinski definition) is 2. The van der Waals surface area contributed by atoms with Crippen LogP contribution in [-0.2, 0) is 12.0 Å². The summed E-state index contributed by atoms with van der Waals surface area (Å²) < 4.78 is 13.5. The van der Waals surface area contributed by atoms with Crippen LogP contribution in [0.1, 0.15) is 18.1 Å². The molecule has 0 amide bonds. The van der Waals surface area contributed by atoms with Gasteiger partial charge in [0.05, 0.1) is 10.1 Å². The minimum Gasteiger partial charge on any atom is -0.508 e. The predicted octanol–water partition coefficient (Wildman–Crippen LogP) is 3.74. The Morgan fingerprint density at radius 3 is 2.37 bits per heavy atom. The Morgan fingerprint density at radius 1 is 1.16 bits per heavy atom. The number of phenolic OH excluding ortho intramolecular Hbond substituents is 1. The molecular formula is C15H14BrFO2. The van der Waals surface area contributed by atoms with Crippen molar-refractivity contribution >= 4 is 15.9 Å². The molecule has 100 valence electrons. The van der Waals surface area contributed by atoms with Gasteiger partial charge in [-0.2, -0.15) is 0 Å². The molecule has 2 N–H and O–H groups in total. The van der Waals surface area contributed by atoms with Crippen molar-refractivity contribution in [1.82, 2.24) is 0 Å². The summed E-state index contributed by atoms with van der Waals surface area (Å²) in [6, 6.07) is 11.1. The summed E-state index contributed by atoms with van der Waals surface area (Å²) in [5.74, 6) is -0.169. The van der Waals surface area contributed by atoms with Gasteiger partial charge in [0.25, 0.3) is 0 Å². The highest BCUT2D eigenvalue weighted by Gasteiger charge is 2.23. The Labute approximate surface area is 119 Å². The maximum absolute atomic E-state index is 13.2. The highest BCUT2D eigenvalue weighted by molar-refractivity contribution is 9.10. The molecule has 1 unspecified atom stereocenters. The van der Waals surface area contributed by atoms with E-state index in [-0.39, 0.29) is 11.6 Å². The normalized spacial score (nSPS) is 14.1. The largest absolute Gasteiger partial charge is 0.508 e. The zero-order chi connectivity index (χ0) is 14.0. The SMILES string of the molecule is CC(O)(Cc1ccc(F)c(Br)c1)c1ccc(O)cc1. The van der Waals surface area contributed by atoms with E-state index < -0.39 is 5.60 Å². The van der Waals surface area contributed by atoms with Crippen molar-refractivity contribution in [2.45, 2.75) is 18.9 Å². The van der Waals surface area contributed by atoms with Crippen LogP contribution in [0, 0.1) is 5.82 Å². The smallest absolute Gasteiger partial charge is 0.137 e. The van der Waals surface area contributed by atoms with Gasteiger partial charge in [-0.1, -0.05) is 18.2 Å². The monoisotopic (exact) mass is 324 g/mol. The van der Waals surface area contributed by atoms with E-state index in [0.717, 1.165) is 5.56 Å². The molecule has 4 heteroatoms. The third-order valence-electron chi connectivity index (χ3n) is 3.02. The Hall–Kier alpha value is -1.39. The molecule has 0 bridgehead atoms. The summed E-state index contributed by atoms with van der Waals surface area (Å²) in [7, 11) is 0. The lowest BCUT2D eigenvalue weighted by molar-refractivity contribution is 0.0575. The molecule has 19 heavy (non-hydrogen) atoms. The summed E-state index contributed by atoms with van der Waals surface area (Å²) >= 11 is 3.13. The minimum absolute atomic E-state index is 0.157. The van der Waals surface area contributed by atoms with Crippen LogP contribution < -0.4 is 0 Å². The fourth-order valence-electron chi connectivity index (χ4n) is 1.97. The van der Waals surface area contributed by atoms with E-state index in [4.69, 9.17) is 0 Å². The van der Waals surface area contributed by atoms with Crippen molar-refractivity contribution in [3.63, 3.8) is 0 Å². The molecule has 0 fully saturated rings. The van der Waals surface area contributed by atoms with Crippen molar-refractivity contribution < 1.29 is 14.6 Å². The molecule has 1 atom stereocenters. The van der Waals surface area contributed by atoms with Crippen LogP contribution in [-0.4, -0.2) is 10.2 Å². The molecular weight excluding hydrogens is 311 g/mol. The van der Waals surface area contributed by atoms with Crippen molar-refractivity contribution in [3.05, 3.63) is 63.9 Å².